The van der Waals surface area contributed by atoms with Crippen LogP contribution < -0.4 is 9.64 Å². The first-order valence-corrected chi connectivity index (χ1v) is 9.98. The van der Waals surface area contributed by atoms with E-state index >= 15 is 0 Å². The van der Waals surface area contributed by atoms with Gasteiger partial charge in [0.25, 0.3) is 11.7 Å². The molecular formula is C23H16Cl2N2O4. The largest absolute Gasteiger partial charge is 0.507 e. The van der Waals surface area contributed by atoms with Crippen molar-refractivity contribution in [1.29, 1.82) is 0 Å². The molecule has 1 N–H and O–H groups in total. The quantitative estimate of drug-likeness (QED) is 0.340. The van der Waals surface area contributed by atoms with E-state index in [1.807, 2.05) is 0 Å². The van der Waals surface area contributed by atoms with Gasteiger partial charge in [-0.05, 0) is 42.0 Å². The number of aliphatic hydroxyl groups is 1. The molecule has 1 aliphatic heterocycles. The Labute approximate surface area is 188 Å². The van der Waals surface area contributed by atoms with Gasteiger partial charge in [-0.1, -0.05) is 35.3 Å². The molecule has 0 bridgehead atoms. The number of benzene rings is 2. The second kappa shape index (κ2) is 8.41. The monoisotopic (exact) mass is 454 g/mol. The van der Waals surface area contributed by atoms with Crippen LogP contribution in [0.25, 0.3) is 5.76 Å². The molecule has 2 heterocycles. The number of anilines is 1. The zero-order valence-corrected chi connectivity index (χ0v) is 17.8. The van der Waals surface area contributed by atoms with Crippen LogP contribution in [0, 0.1) is 0 Å². The van der Waals surface area contributed by atoms with Crippen molar-refractivity contribution in [3.05, 3.63) is 93.7 Å². The summed E-state index contributed by atoms with van der Waals surface area (Å²) in [5, 5.41) is 11.6. The van der Waals surface area contributed by atoms with Crippen molar-refractivity contribution in [3.63, 3.8) is 0 Å². The van der Waals surface area contributed by atoms with Crippen LogP contribution in [0.1, 0.15) is 17.2 Å². The number of carbonyl (C=O) groups excluding carboxylic acids is 2. The van der Waals surface area contributed by atoms with E-state index in [0.717, 1.165) is 0 Å². The highest BCUT2D eigenvalue weighted by molar-refractivity contribution is 6.51. The SMILES string of the molecule is COc1cccc(N2C(=O)C(=O)/C(=C(/O)c3ccc(Cl)c(Cl)c3)C2c2cccnc2)c1. The van der Waals surface area contributed by atoms with Gasteiger partial charge in [0.1, 0.15) is 11.5 Å². The molecule has 156 valence electrons. The number of halogens is 2. The Kier molecular flexibility index (Phi) is 5.67. The van der Waals surface area contributed by atoms with Gasteiger partial charge in [-0.2, -0.15) is 0 Å². The van der Waals surface area contributed by atoms with Gasteiger partial charge in [-0.3, -0.25) is 19.5 Å². The number of pyridine rings is 1. The van der Waals surface area contributed by atoms with Gasteiger partial charge in [0.15, 0.2) is 0 Å². The van der Waals surface area contributed by atoms with Gasteiger partial charge in [0.2, 0.25) is 0 Å². The van der Waals surface area contributed by atoms with Crippen molar-refractivity contribution in [2.75, 3.05) is 12.0 Å². The highest BCUT2D eigenvalue weighted by atomic mass is 35.5. The Morgan fingerprint density at radius 2 is 1.87 bits per heavy atom. The van der Waals surface area contributed by atoms with E-state index in [-0.39, 0.29) is 21.9 Å². The average Bonchev–Trinajstić information content (AvgIpc) is 3.06. The topological polar surface area (TPSA) is 79.7 Å². The smallest absolute Gasteiger partial charge is 0.300 e. The summed E-state index contributed by atoms with van der Waals surface area (Å²) in [5.41, 5.74) is 1.21. The predicted octanol–water partition coefficient (Wildman–Crippen LogP) is 5.02. The van der Waals surface area contributed by atoms with Crippen LogP contribution in [0.5, 0.6) is 5.75 Å². The first-order valence-electron chi connectivity index (χ1n) is 9.22. The number of ether oxygens (including phenoxy) is 1. The lowest BCUT2D eigenvalue weighted by Gasteiger charge is -2.25. The molecule has 0 saturated carbocycles. The number of carbonyl (C=O) groups is 2. The summed E-state index contributed by atoms with van der Waals surface area (Å²) < 4.78 is 5.26. The van der Waals surface area contributed by atoms with Crippen molar-refractivity contribution in [1.82, 2.24) is 4.98 Å². The molecule has 1 saturated heterocycles. The molecule has 8 heteroatoms. The molecule has 1 aliphatic rings. The minimum atomic E-state index is -0.893. The highest BCUT2D eigenvalue weighted by Gasteiger charge is 2.47. The van der Waals surface area contributed by atoms with E-state index < -0.39 is 17.7 Å². The molecule has 6 nitrogen and oxygen atoms in total. The van der Waals surface area contributed by atoms with E-state index in [1.54, 1.807) is 48.8 Å². The van der Waals surface area contributed by atoms with Crippen LogP contribution in [0.2, 0.25) is 10.0 Å². The third-order valence-corrected chi connectivity index (χ3v) is 5.71. The van der Waals surface area contributed by atoms with E-state index in [0.29, 0.717) is 22.0 Å². The molecule has 3 aromatic rings. The Morgan fingerprint density at radius 1 is 1.06 bits per heavy atom. The first kappa shape index (κ1) is 20.9. The number of rotatable bonds is 4. The molecule has 0 aliphatic carbocycles. The van der Waals surface area contributed by atoms with Gasteiger partial charge in [0, 0.05) is 29.7 Å². The summed E-state index contributed by atoms with van der Waals surface area (Å²) in [6.07, 6.45) is 3.13. The lowest BCUT2D eigenvalue weighted by molar-refractivity contribution is -0.132. The van der Waals surface area contributed by atoms with Gasteiger partial charge in [0.05, 0.1) is 28.8 Å². The number of hydrogen-bond acceptors (Lipinski definition) is 5. The molecule has 0 spiro atoms. The fourth-order valence-electron chi connectivity index (χ4n) is 3.51. The molecule has 0 radical (unpaired) electrons. The van der Waals surface area contributed by atoms with Crippen LogP contribution in [0.4, 0.5) is 5.69 Å². The number of methoxy groups -OCH3 is 1. The summed E-state index contributed by atoms with van der Waals surface area (Å²) in [6.45, 7) is 0. The molecule has 1 aromatic heterocycles. The number of hydrogen-bond donors (Lipinski definition) is 1. The van der Waals surface area contributed by atoms with Gasteiger partial charge in [-0.25, -0.2) is 0 Å². The predicted molar refractivity (Wildman–Crippen MR) is 118 cm³/mol. The van der Waals surface area contributed by atoms with Crippen LogP contribution in [-0.2, 0) is 9.59 Å². The van der Waals surface area contributed by atoms with Crippen molar-refractivity contribution in [3.8, 4) is 5.75 Å². The Hall–Kier alpha value is -3.35. The van der Waals surface area contributed by atoms with Crippen molar-refractivity contribution < 1.29 is 19.4 Å². The van der Waals surface area contributed by atoms with E-state index in [2.05, 4.69) is 4.98 Å². The maximum Gasteiger partial charge on any atom is 0.300 e. The fraction of sp³-hybridized carbons (Fsp3) is 0.0870. The van der Waals surface area contributed by atoms with E-state index in [4.69, 9.17) is 27.9 Å². The molecule has 1 atom stereocenters. The third kappa shape index (κ3) is 3.76. The number of Topliss-reactive ketones (excluding diaryl/α,β-unsaturated/α-hetero) is 1. The summed E-state index contributed by atoms with van der Waals surface area (Å²) in [4.78, 5) is 31.6. The number of amides is 1. The zero-order valence-electron chi connectivity index (χ0n) is 16.3. The average molecular weight is 455 g/mol. The van der Waals surface area contributed by atoms with E-state index in [1.165, 1.54) is 30.2 Å². The fourth-order valence-corrected chi connectivity index (χ4v) is 3.81. The number of ketones is 1. The van der Waals surface area contributed by atoms with E-state index in [9.17, 15) is 14.7 Å². The summed E-state index contributed by atoms with van der Waals surface area (Å²) in [6, 6.07) is 13.8. The summed E-state index contributed by atoms with van der Waals surface area (Å²) in [5.74, 6) is -1.42. The maximum absolute atomic E-state index is 13.1. The van der Waals surface area contributed by atoms with Crippen LogP contribution in [-0.4, -0.2) is 28.9 Å². The first-order chi connectivity index (χ1) is 14.9. The third-order valence-electron chi connectivity index (χ3n) is 4.97. The highest BCUT2D eigenvalue weighted by Crippen LogP contribution is 2.42. The Balaban J connectivity index is 1.94. The molecule has 1 unspecified atom stereocenters. The number of nitrogens with zero attached hydrogens (tertiary/aromatic N) is 2. The molecule has 1 amide bonds. The summed E-state index contributed by atoms with van der Waals surface area (Å²) in [7, 11) is 1.51. The van der Waals surface area contributed by atoms with Crippen molar-refractivity contribution in [2.45, 2.75) is 6.04 Å². The standard InChI is InChI=1S/C23H16Cl2N2O4/c1-31-16-6-2-5-15(11-16)27-20(14-4-3-9-26-12-14)19(22(29)23(27)30)21(28)13-7-8-17(24)18(25)10-13/h2-12,20,28H,1H3/b21-19+. The molecule has 31 heavy (non-hydrogen) atoms. The van der Waals surface area contributed by atoms with Gasteiger partial charge >= 0.3 is 0 Å². The lowest BCUT2D eigenvalue weighted by Crippen LogP contribution is -2.29. The second-order valence-electron chi connectivity index (χ2n) is 6.79. The van der Waals surface area contributed by atoms with Crippen LogP contribution in [0.3, 0.4) is 0 Å². The molecule has 1 fully saturated rings. The molecule has 2 aromatic carbocycles. The second-order valence-corrected chi connectivity index (χ2v) is 7.60. The van der Waals surface area contributed by atoms with Crippen LogP contribution in [0.15, 0.2) is 72.6 Å². The van der Waals surface area contributed by atoms with Crippen molar-refractivity contribution >= 4 is 46.3 Å². The molecule has 4 rings (SSSR count). The van der Waals surface area contributed by atoms with Gasteiger partial charge in [-0.15, -0.1) is 0 Å². The normalized spacial score (nSPS) is 17.8. The maximum atomic E-state index is 13.1. The van der Waals surface area contributed by atoms with Crippen molar-refractivity contribution in [2.24, 2.45) is 0 Å². The minimum Gasteiger partial charge on any atom is -0.507 e. The molecular weight excluding hydrogens is 439 g/mol. The Morgan fingerprint density at radius 3 is 2.55 bits per heavy atom. The van der Waals surface area contributed by atoms with Gasteiger partial charge < -0.3 is 9.84 Å². The number of aliphatic hydroxyl groups excluding tert-OH is 1. The number of aromatic nitrogens is 1. The minimum absolute atomic E-state index is 0.0702. The lowest BCUT2D eigenvalue weighted by atomic mass is 9.96. The van der Waals surface area contributed by atoms with Crippen LogP contribution >= 0.6 is 23.2 Å². The summed E-state index contributed by atoms with van der Waals surface area (Å²) >= 11 is 12.1. The Bertz CT molecular complexity index is 1210. The zero-order chi connectivity index (χ0) is 22.1.